The Morgan fingerprint density at radius 2 is 1.75 bits per heavy atom. The summed E-state index contributed by atoms with van der Waals surface area (Å²) in [7, 11) is 0. The maximum atomic E-state index is 12.7. The van der Waals surface area contributed by atoms with Crippen LogP contribution in [0.5, 0.6) is 0 Å². The molecule has 0 bridgehead atoms. The third kappa shape index (κ3) is 1.84. The minimum Gasteiger partial charge on any atom is -0.298 e. The predicted octanol–water partition coefficient (Wildman–Crippen LogP) is 3.45. The van der Waals surface area contributed by atoms with Gasteiger partial charge in [-0.1, -0.05) is 36.4 Å². The van der Waals surface area contributed by atoms with Crippen LogP contribution in [0.4, 0.5) is 0 Å². The SMILES string of the molecule is Cc1ccccc1C(=O)n1cc(C=O)c2ccccc21. The molecule has 0 aliphatic heterocycles. The average molecular weight is 263 g/mol. The van der Waals surface area contributed by atoms with Crippen molar-refractivity contribution < 1.29 is 9.59 Å². The van der Waals surface area contributed by atoms with Gasteiger partial charge in [0, 0.05) is 22.7 Å². The Morgan fingerprint density at radius 1 is 1.05 bits per heavy atom. The van der Waals surface area contributed by atoms with Gasteiger partial charge in [-0.3, -0.25) is 14.2 Å². The lowest BCUT2D eigenvalue weighted by atomic mass is 10.1. The summed E-state index contributed by atoms with van der Waals surface area (Å²) >= 11 is 0. The Balaban J connectivity index is 2.23. The van der Waals surface area contributed by atoms with E-state index in [9.17, 15) is 9.59 Å². The number of para-hydroxylation sites is 1. The molecule has 0 atom stereocenters. The maximum absolute atomic E-state index is 12.7. The van der Waals surface area contributed by atoms with Crippen LogP contribution in [0.15, 0.2) is 54.7 Å². The zero-order valence-corrected chi connectivity index (χ0v) is 11.0. The van der Waals surface area contributed by atoms with Gasteiger partial charge in [0.1, 0.15) is 0 Å². The Bertz CT molecular complexity index is 815. The first-order chi connectivity index (χ1) is 9.72. The number of benzene rings is 2. The van der Waals surface area contributed by atoms with Crippen molar-refractivity contribution in [3.63, 3.8) is 0 Å². The van der Waals surface area contributed by atoms with E-state index < -0.39 is 0 Å². The maximum Gasteiger partial charge on any atom is 0.262 e. The first kappa shape index (κ1) is 12.4. The molecule has 98 valence electrons. The monoisotopic (exact) mass is 263 g/mol. The molecule has 1 aromatic heterocycles. The first-order valence-electron chi connectivity index (χ1n) is 6.38. The standard InChI is InChI=1S/C17H13NO2/c1-12-6-2-3-7-14(12)17(20)18-10-13(11-19)15-8-4-5-9-16(15)18/h2-11H,1H3. The van der Waals surface area contributed by atoms with Gasteiger partial charge in [0.25, 0.3) is 5.91 Å². The number of nitrogens with zero attached hydrogens (tertiary/aromatic N) is 1. The van der Waals surface area contributed by atoms with Gasteiger partial charge in [-0.15, -0.1) is 0 Å². The van der Waals surface area contributed by atoms with E-state index in [2.05, 4.69) is 0 Å². The molecule has 0 radical (unpaired) electrons. The second-order valence-electron chi connectivity index (χ2n) is 4.71. The quantitative estimate of drug-likeness (QED) is 0.664. The van der Waals surface area contributed by atoms with Gasteiger partial charge in [0.2, 0.25) is 0 Å². The number of aromatic nitrogens is 1. The van der Waals surface area contributed by atoms with Crippen molar-refractivity contribution in [1.82, 2.24) is 4.57 Å². The number of hydrogen-bond acceptors (Lipinski definition) is 2. The lowest BCUT2D eigenvalue weighted by Crippen LogP contribution is -2.12. The minimum atomic E-state index is -0.118. The molecule has 2 aromatic carbocycles. The molecular weight excluding hydrogens is 250 g/mol. The van der Waals surface area contributed by atoms with Crippen LogP contribution in [0.25, 0.3) is 10.9 Å². The molecule has 20 heavy (non-hydrogen) atoms. The Morgan fingerprint density at radius 3 is 2.50 bits per heavy atom. The molecule has 0 aliphatic rings. The molecular formula is C17H13NO2. The highest BCUT2D eigenvalue weighted by atomic mass is 16.2. The second kappa shape index (κ2) is 4.78. The third-order valence-electron chi connectivity index (χ3n) is 3.46. The van der Waals surface area contributed by atoms with Crippen molar-refractivity contribution >= 4 is 23.1 Å². The molecule has 0 saturated carbocycles. The summed E-state index contributed by atoms with van der Waals surface area (Å²) in [6, 6.07) is 14.9. The summed E-state index contributed by atoms with van der Waals surface area (Å²) in [6.07, 6.45) is 2.39. The first-order valence-corrected chi connectivity index (χ1v) is 6.38. The summed E-state index contributed by atoms with van der Waals surface area (Å²) in [6.45, 7) is 1.90. The molecule has 1 heterocycles. The van der Waals surface area contributed by atoms with E-state index in [4.69, 9.17) is 0 Å². The molecule has 0 unspecified atom stereocenters. The van der Waals surface area contributed by atoms with Crippen molar-refractivity contribution in [1.29, 1.82) is 0 Å². The fraction of sp³-hybridized carbons (Fsp3) is 0.0588. The van der Waals surface area contributed by atoms with Crippen molar-refractivity contribution in [2.24, 2.45) is 0 Å². The number of hydrogen-bond donors (Lipinski definition) is 0. The number of aldehydes is 1. The normalized spacial score (nSPS) is 10.7. The topological polar surface area (TPSA) is 39.1 Å². The van der Waals surface area contributed by atoms with E-state index in [-0.39, 0.29) is 5.91 Å². The van der Waals surface area contributed by atoms with Crippen LogP contribution in [0.1, 0.15) is 26.3 Å². The molecule has 0 spiro atoms. The number of aryl methyl sites for hydroxylation is 1. The minimum absolute atomic E-state index is 0.118. The van der Waals surface area contributed by atoms with Crippen LogP contribution in [-0.4, -0.2) is 16.8 Å². The van der Waals surface area contributed by atoms with Gasteiger partial charge in [0.05, 0.1) is 5.52 Å². The summed E-state index contributed by atoms with van der Waals surface area (Å²) in [4.78, 5) is 23.8. The molecule has 0 saturated heterocycles. The van der Waals surface area contributed by atoms with Gasteiger partial charge in [0.15, 0.2) is 6.29 Å². The highest BCUT2D eigenvalue weighted by molar-refractivity contribution is 6.07. The van der Waals surface area contributed by atoms with E-state index in [1.165, 1.54) is 0 Å². The van der Waals surface area contributed by atoms with E-state index in [0.29, 0.717) is 11.1 Å². The summed E-state index contributed by atoms with van der Waals surface area (Å²) in [5.41, 5.74) is 2.85. The van der Waals surface area contributed by atoms with Crippen molar-refractivity contribution in [2.45, 2.75) is 6.92 Å². The van der Waals surface area contributed by atoms with Crippen molar-refractivity contribution in [2.75, 3.05) is 0 Å². The van der Waals surface area contributed by atoms with E-state index in [1.807, 2.05) is 49.4 Å². The van der Waals surface area contributed by atoms with Gasteiger partial charge >= 0.3 is 0 Å². The molecule has 3 heteroatoms. The fourth-order valence-corrected chi connectivity index (χ4v) is 2.41. The van der Waals surface area contributed by atoms with Crippen molar-refractivity contribution in [3.8, 4) is 0 Å². The van der Waals surface area contributed by atoms with Crippen LogP contribution in [0, 0.1) is 6.92 Å². The average Bonchev–Trinajstić information content (AvgIpc) is 2.86. The lowest BCUT2D eigenvalue weighted by molar-refractivity contribution is 0.0964. The van der Waals surface area contributed by atoms with Gasteiger partial charge < -0.3 is 0 Å². The predicted molar refractivity (Wildman–Crippen MR) is 78.2 cm³/mol. The van der Waals surface area contributed by atoms with Crippen LogP contribution in [0.3, 0.4) is 0 Å². The third-order valence-corrected chi connectivity index (χ3v) is 3.46. The van der Waals surface area contributed by atoms with Crippen LogP contribution in [-0.2, 0) is 0 Å². The Kier molecular flexibility index (Phi) is 2.95. The Hall–Kier alpha value is -2.68. The molecule has 3 aromatic rings. The van der Waals surface area contributed by atoms with Crippen LogP contribution in [0.2, 0.25) is 0 Å². The molecule has 0 amide bonds. The fourth-order valence-electron chi connectivity index (χ4n) is 2.41. The van der Waals surface area contributed by atoms with E-state index in [0.717, 1.165) is 22.8 Å². The number of fused-ring (bicyclic) bond motifs is 1. The van der Waals surface area contributed by atoms with Gasteiger partial charge in [-0.2, -0.15) is 0 Å². The number of rotatable bonds is 2. The molecule has 3 nitrogen and oxygen atoms in total. The smallest absolute Gasteiger partial charge is 0.262 e. The number of carbonyl (C=O) groups is 2. The van der Waals surface area contributed by atoms with E-state index >= 15 is 0 Å². The highest BCUT2D eigenvalue weighted by Gasteiger charge is 2.15. The summed E-state index contributed by atoms with van der Waals surface area (Å²) < 4.78 is 1.54. The molecule has 0 aliphatic carbocycles. The van der Waals surface area contributed by atoms with Crippen LogP contribution >= 0.6 is 0 Å². The Labute approximate surface area is 116 Å². The van der Waals surface area contributed by atoms with E-state index in [1.54, 1.807) is 16.8 Å². The van der Waals surface area contributed by atoms with Gasteiger partial charge in [-0.05, 0) is 24.6 Å². The second-order valence-corrected chi connectivity index (χ2v) is 4.71. The lowest BCUT2D eigenvalue weighted by Gasteiger charge is -2.06. The van der Waals surface area contributed by atoms with Crippen molar-refractivity contribution in [3.05, 3.63) is 71.4 Å². The number of carbonyl (C=O) groups excluding carboxylic acids is 2. The molecule has 0 N–H and O–H groups in total. The zero-order valence-electron chi connectivity index (χ0n) is 11.0. The molecule has 0 fully saturated rings. The summed E-state index contributed by atoms with van der Waals surface area (Å²) in [5, 5.41) is 0.796. The zero-order chi connectivity index (χ0) is 14.1. The molecule has 3 rings (SSSR count). The largest absolute Gasteiger partial charge is 0.298 e. The summed E-state index contributed by atoms with van der Waals surface area (Å²) in [5.74, 6) is -0.118. The highest BCUT2D eigenvalue weighted by Crippen LogP contribution is 2.21. The van der Waals surface area contributed by atoms with Gasteiger partial charge in [-0.25, -0.2) is 0 Å². The van der Waals surface area contributed by atoms with Crippen LogP contribution < -0.4 is 0 Å².